The summed E-state index contributed by atoms with van der Waals surface area (Å²) >= 11 is 0. The summed E-state index contributed by atoms with van der Waals surface area (Å²) in [5, 5.41) is 0.808. The minimum absolute atomic E-state index is 0.0250. The molecular weight excluding hydrogens is 1100 g/mol. The van der Waals surface area contributed by atoms with Crippen molar-refractivity contribution in [3.05, 3.63) is 152 Å². The maximum atomic E-state index is 14.4. The first kappa shape index (κ1) is 58.7. The number of methoxy groups -OCH3 is 1. The van der Waals surface area contributed by atoms with Gasteiger partial charge < -0.3 is 29.3 Å². The molecule has 0 spiro atoms. The van der Waals surface area contributed by atoms with E-state index in [1.807, 2.05) is 86.3 Å². The minimum Gasteiger partial charge on any atom is -0.493 e. The van der Waals surface area contributed by atoms with Gasteiger partial charge >= 0.3 is 0 Å². The third kappa shape index (κ3) is 13.1. The van der Waals surface area contributed by atoms with Crippen LogP contribution in [0.5, 0.6) is 17.2 Å². The van der Waals surface area contributed by atoms with Crippen LogP contribution in [-0.2, 0) is 90.2 Å². The van der Waals surface area contributed by atoms with E-state index in [4.69, 9.17) is 18.4 Å². The average Bonchev–Trinajstić information content (AvgIpc) is 3.68. The van der Waals surface area contributed by atoms with Crippen molar-refractivity contribution in [3.8, 4) is 17.2 Å². The second kappa shape index (κ2) is 24.7. The van der Waals surface area contributed by atoms with Crippen LogP contribution in [0.1, 0.15) is 124 Å². The Morgan fingerprint density at radius 3 is 1.99 bits per heavy atom. The van der Waals surface area contributed by atoms with Gasteiger partial charge in [-0.25, -0.2) is 0 Å². The first-order valence-electron chi connectivity index (χ1n) is 26.9. The van der Waals surface area contributed by atoms with Gasteiger partial charge in [0.1, 0.15) is 29.5 Å². The summed E-state index contributed by atoms with van der Waals surface area (Å²) in [7, 11) is -1.41. The molecule has 4 aliphatic rings. The lowest BCUT2D eigenvalue weighted by atomic mass is 9.91. The van der Waals surface area contributed by atoms with E-state index in [1.54, 1.807) is 37.1 Å². The molecule has 2 unspecified atom stereocenters. The molecule has 5 aromatic carbocycles. The highest BCUT2D eigenvalue weighted by molar-refractivity contribution is 8.77. The fourth-order valence-corrected chi connectivity index (χ4v) is 16.5. The van der Waals surface area contributed by atoms with E-state index in [9.17, 15) is 36.0 Å². The van der Waals surface area contributed by atoms with Crippen LogP contribution in [0.15, 0.2) is 91.0 Å². The number of benzene rings is 5. The van der Waals surface area contributed by atoms with Crippen molar-refractivity contribution in [2.45, 2.75) is 139 Å². The molecule has 1 N–H and O–H groups in total. The van der Waals surface area contributed by atoms with Gasteiger partial charge in [0.05, 0.1) is 27.4 Å². The molecule has 4 heterocycles. The zero-order chi connectivity index (χ0) is 57.1. The molecule has 0 aromatic heterocycles. The standard InChI is InChI=1S/C60H69N3O13S4/c1-8-51(64)55(79(68,69)73-6)20-22-77-78-60(3,4)21-19-57(65)61-46-25-38(24-39(26-46)36-76-54-29-42-17-18-47-27-40-13-9-11-15-43(40)33-62(47)58(66)49(42)32-53(54)72-5)35-75-52-30-45-31-56(80(70,71)74-7)50-28-41-14-10-12-16-44(41)34-63(50)59(67)48(45)23-37(52)2/h9-16,23-26,29-30,32,47,50,55-56H,8,17-22,27-28,31,33-36H2,1-7H3,(H,61,65)/t47-,50+,55?,56?/m1/s1. The molecule has 4 atom stereocenters. The molecule has 0 saturated carbocycles. The Morgan fingerprint density at radius 2 is 1.34 bits per heavy atom. The molecule has 80 heavy (non-hydrogen) atoms. The van der Waals surface area contributed by atoms with Gasteiger partial charge in [0, 0.05) is 59.3 Å². The van der Waals surface area contributed by atoms with Crippen LogP contribution in [-0.4, -0.2) is 105 Å². The van der Waals surface area contributed by atoms with E-state index in [0.717, 1.165) is 49.3 Å². The molecule has 0 fully saturated rings. The summed E-state index contributed by atoms with van der Waals surface area (Å²) in [6.07, 6.45) is 3.48. The number of Topliss-reactive ketones (excluding diaryl/α,β-unsaturated/α-hetero) is 1. The van der Waals surface area contributed by atoms with Crippen LogP contribution in [0, 0.1) is 6.92 Å². The van der Waals surface area contributed by atoms with E-state index in [1.165, 1.54) is 27.2 Å². The molecule has 0 saturated heterocycles. The molecule has 0 bridgehead atoms. The van der Waals surface area contributed by atoms with Gasteiger partial charge in [-0.1, -0.05) is 77.0 Å². The lowest BCUT2D eigenvalue weighted by Crippen LogP contribution is -2.52. The fraction of sp³-hybridized carbons (Fsp3) is 0.433. The third-order valence-corrected chi connectivity index (χ3v) is 22.5. The molecule has 0 aliphatic carbocycles. The van der Waals surface area contributed by atoms with Gasteiger partial charge in [-0.2, -0.15) is 16.8 Å². The highest BCUT2D eigenvalue weighted by atomic mass is 33.1. The van der Waals surface area contributed by atoms with Gasteiger partial charge in [-0.05, 0) is 158 Å². The molecule has 20 heteroatoms. The number of ketones is 1. The lowest BCUT2D eigenvalue weighted by Gasteiger charge is -2.38. The summed E-state index contributed by atoms with van der Waals surface area (Å²) in [6.45, 7) is 8.36. The predicted molar refractivity (Wildman–Crippen MR) is 310 cm³/mol. The SMILES string of the molecule is CCC(=O)C(CCSSC(C)(C)CCC(=O)Nc1cc(COc2cc3c(cc2C)C(=O)N2Cc4ccccc4C[C@H]2C(S(=O)(=O)OC)C3)cc(COc2cc3c(cc2OC)C(=O)N2Cc4ccccc4C[C@H]2CC3)c1)S(=O)(=O)OC. The molecular formula is C60H69N3O13S4. The minimum atomic E-state index is -4.10. The number of nitrogens with zero attached hydrogens (tertiary/aromatic N) is 2. The number of amides is 3. The first-order chi connectivity index (χ1) is 38.2. The Labute approximate surface area is 477 Å². The van der Waals surface area contributed by atoms with E-state index in [0.29, 0.717) is 87.9 Å². The maximum absolute atomic E-state index is 14.4. The highest BCUT2D eigenvalue weighted by Gasteiger charge is 2.45. The molecule has 4 aliphatic heterocycles. The number of rotatable bonds is 22. The third-order valence-electron chi connectivity index (χ3n) is 15.7. The van der Waals surface area contributed by atoms with E-state index < -0.39 is 47.3 Å². The van der Waals surface area contributed by atoms with Crippen LogP contribution in [0.4, 0.5) is 5.69 Å². The fourth-order valence-electron chi connectivity index (χ4n) is 11.3. The van der Waals surface area contributed by atoms with Crippen molar-refractivity contribution in [2.24, 2.45) is 0 Å². The number of hydrogen-bond acceptors (Lipinski definition) is 15. The van der Waals surface area contributed by atoms with E-state index in [-0.39, 0.29) is 69.2 Å². The Kier molecular flexibility index (Phi) is 18.1. The number of ether oxygens (including phenoxy) is 3. The van der Waals surface area contributed by atoms with Crippen LogP contribution < -0.4 is 19.5 Å². The summed E-state index contributed by atoms with van der Waals surface area (Å²) in [4.78, 5) is 58.5. The Bertz CT molecular complexity index is 3420. The number of hydrogen-bond donors (Lipinski definition) is 1. The second-order valence-electron chi connectivity index (χ2n) is 21.5. The number of anilines is 1. The normalized spacial score (nSPS) is 18.3. The number of fused-ring (bicyclic) bond motifs is 6. The lowest BCUT2D eigenvalue weighted by molar-refractivity contribution is -0.118. The van der Waals surface area contributed by atoms with Crippen molar-refractivity contribution in [1.82, 2.24) is 9.80 Å². The number of nitrogens with one attached hydrogen (secondary N) is 1. The Balaban J connectivity index is 0.942. The molecule has 9 rings (SSSR count). The van der Waals surface area contributed by atoms with Crippen molar-refractivity contribution >= 4 is 71.0 Å². The smallest absolute Gasteiger partial charge is 0.277 e. The zero-order valence-corrected chi connectivity index (χ0v) is 49.5. The van der Waals surface area contributed by atoms with E-state index >= 15 is 0 Å². The average molecular weight is 1170 g/mol. The summed E-state index contributed by atoms with van der Waals surface area (Å²) < 4.78 is 80.7. The van der Waals surface area contributed by atoms with Gasteiger partial charge in [0.15, 0.2) is 17.3 Å². The largest absolute Gasteiger partial charge is 0.493 e. The number of aryl methyl sites for hydroxylation is 2. The van der Waals surface area contributed by atoms with Crippen molar-refractivity contribution in [3.63, 3.8) is 0 Å². The van der Waals surface area contributed by atoms with Crippen molar-refractivity contribution in [2.75, 3.05) is 32.4 Å². The van der Waals surface area contributed by atoms with Crippen LogP contribution in [0.3, 0.4) is 0 Å². The van der Waals surface area contributed by atoms with Gasteiger partial charge in [0.2, 0.25) is 5.91 Å². The van der Waals surface area contributed by atoms with Gasteiger partial charge in [0.25, 0.3) is 32.1 Å². The van der Waals surface area contributed by atoms with Gasteiger partial charge in [-0.3, -0.25) is 27.5 Å². The molecule has 0 radical (unpaired) electrons. The van der Waals surface area contributed by atoms with Crippen LogP contribution in [0.2, 0.25) is 0 Å². The van der Waals surface area contributed by atoms with E-state index in [2.05, 4.69) is 21.6 Å². The van der Waals surface area contributed by atoms with Crippen molar-refractivity contribution < 1.29 is 58.6 Å². The first-order valence-corrected chi connectivity index (χ1v) is 32.2. The van der Waals surface area contributed by atoms with Gasteiger partial charge in [-0.15, -0.1) is 0 Å². The number of carbonyl (C=O) groups is 4. The Morgan fingerprint density at radius 1 is 0.725 bits per heavy atom. The number of carbonyl (C=O) groups excluding carboxylic acids is 4. The zero-order valence-electron chi connectivity index (χ0n) is 46.2. The maximum Gasteiger partial charge on any atom is 0.277 e. The quantitative estimate of drug-likeness (QED) is 0.0390. The summed E-state index contributed by atoms with van der Waals surface area (Å²) in [5.74, 6) is 0.777. The van der Waals surface area contributed by atoms with Crippen LogP contribution in [0.25, 0.3) is 0 Å². The molecule has 3 amide bonds. The summed E-state index contributed by atoms with van der Waals surface area (Å²) in [6, 6.07) is 28.2. The Hall–Kier alpha value is -5.90. The topological polar surface area (TPSA) is 201 Å². The molecule has 5 aromatic rings. The molecule has 426 valence electrons. The van der Waals surface area contributed by atoms with Crippen LogP contribution >= 0.6 is 21.6 Å². The monoisotopic (exact) mass is 1170 g/mol. The molecule has 16 nitrogen and oxygen atoms in total. The van der Waals surface area contributed by atoms with Crippen molar-refractivity contribution in [1.29, 1.82) is 0 Å². The highest BCUT2D eigenvalue weighted by Crippen LogP contribution is 2.42. The summed E-state index contributed by atoms with van der Waals surface area (Å²) in [5.41, 5.74) is 9.33. The predicted octanol–water partition coefficient (Wildman–Crippen LogP) is 9.74. The second-order valence-corrected chi connectivity index (χ2v) is 28.4.